The van der Waals surface area contributed by atoms with E-state index in [1.54, 1.807) is 0 Å². The van der Waals surface area contributed by atoms with Crippen LogP contribution in [0.5, 0.6) is 0 Å². The molecule has 1 N–H and O–H groups in total. The third kappa shape index (κ3) is 4.89. The van der Waals surface area contributed by atoms with Crippen molar-refractivity contribution in [2.75, 3.05) is 6.54 Å². The largest absolute Gasteiger partial charge is 0.356 e. The zero-order valence-electron chi connectivity index (χ0n) is 16.7. The maximum Gasteiger partial charge on any atom is 0.220 e. The lowest BCUT2D eigenvalue weighted by Gasteiger charge is -2.08. The van der Waals surface area contributed by atoms with Crippen LogP contribution in [-0.4, -0.2) is 21.8 Å². The molecular weight excluding hydrogens is 394 g/mol. The summed E-state index contributed by atoms with van der Waals surface area (Å²) in [4.78, 5) is 17.2. The van der Waals surface area contributed by atoms with Crippen molar-refractivity contribution < 1.29 is 4.79 Å². The summed E-state index contributed by atoms with van der Waals surface area (Å²) in [5.41, 5.74) is 5.11. The van der Waals surface area contributed by atoms with Gasteiger partial charge in [-0.3, -0.25) is 4.79 Å². The number of aryl methyl sites for hydroxylation is 2. The quantitative estimate of drug-likeness (QED) is 0.393. The Labute approximate surface area is 181 Å². The standard InChI is InChI=1S/C25H24ClN3O/c26-21-13-11-20(12-14-21)25-22(29-18-5-4-10-23(29)28-25)15-16-24(30)27-17-6-9-19-7-2-1-3-8-19/h1-5,7-8,10-14,18H,6,9,15-17H2,(H,27,30). The number of carbonyl (C=O) groups excluding carboxylic acids is 1. The number of aromatic nitrogens is 2. The molecule has 30 heavy (non-hydrogen) atoms. The number of carbonyl (C=O) groups is 1. The van der Waals surface area contributed by atoms with E-state index in [1.807, 2.05) is 66.9 Å². The van der Waals surface area contributed by atoms with Crippen LogP contribution in [0.2, 0.25) is 5.02 Å². The van der Waals surface area contributed by atoms with Gasteiger partial charge in [0.25, 0.3) is 0 Å². The molecule has 0 bridgehead atoms. The van der Waals surface area contributed by atoms with Gasteiger partial charge in [0, 0.05) is 29.7 Å². The normalized spacial score (nSPS) is 11.0. The Bertz CT molecular complexity index is 1120. The number of nitrogens with one attached hydrogen (secondary N) is 1. The maximum absolute atomic E-state index is 12.4. The summed E-state index contributed by atoms with van der Waals surface area (Å²) >= 11 is 6.04. The Morgan fingerprint density at radius 2 is 1.70 bits per heavy atom. The number of rotatable bonds is 8. The first-order chi connectivity index (χ1) is 14.7. The fourth-order valence-electron chi connectivity index (χ4n) is 3.61. The van der Waals surface area contributed by atoms with E-state index < -0.39 is 0 Å². The SMILES string of the molecule is O=C(CCc1c(-c2ccc(Cl)cc2)nc2ccccn12)NCCCc1ccccc1. The zero-order valence-corrected chi connectivity index (χ0v) is 17.5. The lowest BCUT2D eigenvalue weighted by atomic mass is 10.1. The van der Waals surface area contributed by atoms with Gasteiger partial charge in [-0.15, -0.1) is 0 Å². The first-order valence-corrected chi connectivity index (χ1v) is 10.6. The Hall–Kier alpha value is -3.11. The van der Waals surface area contributed by atoms with Crippen LogP contribution in [-0.2, 0) is 17.6 Å². The molecule has 0 saturated heterocycles. The van der Waals surface area contributed by atoms with E-state index in [1.165, 1.54) is 5.56 Å². The van der Waals surface area contributed by atoms with Crippen molar-refractivity contribution in [2.45, 2.75) is 25.7 Å². The summed E-state index contributed by atoms with van der Waals surface area (Å²) in [5.74, 6) is 0.0657. The van der Waals surface area contributed by atoms with Crippen LogP contribution >= 0.6 is 11.6 Å². The third-order valence-electron chi connectivity index (χ3n) is 5.14. The van der Waals surface area contributed by atoms with Gasteiger partial charge in [0.15, 0.2) is 0 Å². The molecule has 0 unspecified atom stereocenters. The van der Waals surface area contributed by atoms with Crippen LogP contribution < -0.4 is 5.32 Å². The Morgan fingerprint density at radius 1 is 0.933 bits per heavy atom. The minimum absolute atomic E-state index is 0.0657. The fraction of sp³-hybridized carbons (Fsp3) is 0.200. The number of amides is 1. The van der Waals surface area contributed by atoms with Crippen molar-refractivity contribution in [3.63, 3.8) is 0 Å². The predicted octanol–water partition coefficient (Wildman–Crippen LogP) is 5.34. The highest BCUT2D eigenvalue weighted by molar-refractivity contribution is 6.30. The Kier molecular flexibility index (Phi) is 6.45. The monoisotopic (exact) mass is 417 g/mol. The summed E-state index contributed by atoms with van der Waals surface area (Å²) in [6.45, 7) is 0.685. The molecule has 2 heterocycles. The molecule has 1 amide bonds. The first kappa shape index (κ1) is 20.2. The van der Waals surface area contributed by atoms with Crippen LogP contribution in [0.1, 0.15) is 24.1 Å². The Morgan fingerprint density at radius 3 is 2.50 bits per heavy atom. The maximum atomic E-state index is 12.4. The lowest BCUT2D eigenvalue weighted by Crippen LogP contribution is -2.25. The van der Waals surface area contributed by atoms with Gasteiger partial charge < -0.3 is 9.72 Å². The molecule has 0 aliphatic rings. The molecule has 0 aliphatic heterocycles. The molecule has 4 rings (SSSR count). The summed E-state index contributed by atoms with van der Waals surface area (Å²) < 4.78 is 2.06. The summed E-state index contributed by atoms with van der Waals surface area (Å²) in [6.07, 6.45) is 4.94. The van der Waals surface area contributed by atoms with E-state index in [0.717, 1.165) is 35.4 Å². The molecule has 4 nitrogen and oxygen atoms in total. The van der Waals surface area contributed by atoms with Gasteiger partial charge in [-0.2, -0.15) is 0 Å². The molecule has 0 spiro atoms. The van der Waals surface area contributed by atoms with Crippen molar-refractivity contribution in [1.82, 2.24) is 14.7 Å². The van der Waals surface area contributed by atoms with Crippen molar-refractivity contribution in [3.05, 3.63) is 95.3 Å². The average molecular weight is 418 g/mol. The summed E-state index contributed by atoms with van der Waals surface area (Å²) in [7, 11) is 0. The molecule has 4 aromatic rings. The third-order valence-corrected chi connectivity index (χ3v) is 5.39. The number of hydrogen-bond acceptors (Lipinski definition) is 2. The molecule has 0 radical (unpaired) electrons. The topological polar surface area (TPSA) is 46.4 Å². The van der Waals surface area contributed by atoms with Crippen LogP contribution in [0.25, 0.3) is 16.9 Å². The van der Waals surface area contributed by atoms with E-state index in [2.05, 4.69) is 21.9 Å². The van der Waals surface area contributed by atoms with Crippen LogP contribution in [0.15, 0.2) is 79.0 Å². The smallest absolute Gasteiger partial charge is 0.220 e. The zero-order chi connectivity index (χ0) is 20.8. The van der Waals surface area contributed by atoms with Crippen molar-refractivity contribution in [2.24, 2.45) is 0 Å². The second-order valence-electron chi connectivity index (χ2n) is 7.28. The Balaban J connectivity index is 1.40. The van der Waals surface area contributed by atoms with Gasteiger partial charge in [0.1, 0.15) is 5.65 Å². The highest BCUT2D eigenvalue weighted by atomic mass is 35.5. The molecule has 2 aromatic carbocycles. The van der Waals surface area contributed by atoms with Crippen molar-refractivity contribution >= 4 is 23.2 Å². The van der Waals surface area contributed by atoms with Crippen LogP contribution in [0, 0.1) is 0 Å². The molecule has 2 aromatic heterocycles. The minimum atomic E-state index is 0.0657. The molecule has 5 heteroatoms. The second kappa shape index (κ2) is 9.59. The van der Waals surface area contributed by atoms with E-state index in [9.17, 15) is 4.79 Å². The van der Waals surface area contributed by atoms with Gasteiger partial charge in [0.05, 0.1) is 11.4 Å². The number of imidazole rings is 1. The number of nitrogens with zero attached hydrogens (tertiary/aromatic N) is 2. The molecule has 0 saturated carbocycles. The molecule has 0 atom stereocenters. The number of benzene rings is 2. The van der Waals surface area contributed by atoms with Gasteiger partial charge >= 0.3 is 0 Å². The number of pyridine rings is 1. The highest BCUT2D eigenvalue weighted by Crippen LogP contribution is 2.26. The lowest BCUT2D eigenvalue weighted by molar-refractivity contribution is -0.121. The van der Waals surface area contributed by atoms with E-state index in [-0.39, 0.29) is 5.91 Å². The van der Waals surface area contributed by atoms with Crippen LogP contribution in [0.4, 0.5) is 0 Å². The average Bonchev–Trinajstić information content (AvgIpc) is 3.15. The minimum Gasteiger partial charge on any atom is -0.356 e. The van der Waals surface area contributed by atoms with Gasteiger partial charge in [-0.05, 0) is 49.1 Å². The van der Waals surface area contributed by atoms with Crippen LogP contribution in [0.3, 0.4) is 0 Å². The molecule has 0 aliphatic carbocycles. The summed E-state index contributed by atoms with van der Waals surface area (Å²) in [5, 5.41) is 3.74. The summed E-state index contributed by atoms with van der Waals surface area (Å²) in [6, 6.07) is 23.9. The van der Waals surface area contributed by atoms with Gasteiger partial charge in [0.2, 0.25) is 5.91 Å². The molecule has 152 valence electrons. The first-order valence-electron chi connectivity index (χ1n) is 10.2. The number of fused-ring (bicyclic) bond motifs is 1. The van der Waals surface area contributed by atoms with E-state index in [4.69, 9.17) is 16.6 Å². The second-order valence-corrected chi connectivity index (χ2v) is 7.72. The number of halogens is 1. The van der Waals surface area contributed by atoms with E-state index in [0.29, 0.717) is 24.4 Å². The molecule has 0 fully saturated rings. The highest BCUT2D eigenvalue weighted by Gasteiger charge is 2.15. The predicted molar refractivity (Wildman–Crippen MR) is 122 cm³/mol. The van der Waals surface area contributed by atoms with E-state index >= 15 is 0 Å². The van der Waals surface area contributed by atoms with Gasteiger partial charge in [-0.25, -0.2) is 4.98 Å². The number of hydrogen-bond donors (Lipinski definition) is 1. The van der Waals surface area contributed by atoms with Crippen molar-refractivity contribution in [3.8, 4) is 11.3 Å². The van der Waals surface area contributed by atoms with Gasteiger partial charge in [-0.1, -0.05) is 60.1 Å². The fourth-order valence-corrected chi connectivity index (χ4v) is 3.74. The van der Waals surface area contributed by atoms with Crippen molar-refractivity contribution in [1.29, 1.82) is 0 Å². The molecular formula is C25H24ClN3O.